The summed E-state index contributed by atoms with van der Waals surface area (Å²) < 4.78 is 18.2. The summed E-state index contributed by atoms with van der Waals surface area (Å²) in [4.78, 5) is 12.0. The molecule has 6 nitrogen and oxygen atoms in total. The maximum Gasteiger partial charge on any atom is 0.277 e. The van der Waals surface area contributed by atoms with E-state index in [0.29, 0.717) is 16.8 Å². The van der Waals surface area contributed by atoms with Crippen molar-refractivity contribution in [1.82, 2.24) is 10.2 Å². The number of nitrogen functional groups attached to an aromatic ring is 1. The van der Waals surface area contributed by atoms with Gasteiger partial charge in [-0.3, -0.25) is 4.79 Å². The highest BCUT2D eigenvalue weighted by atomic mass is 32.2. The SMILES string of the molecule is Cc1nnc(SC(C)C(=O)Nc2ccc(F)c(N)c2)o1. The van der Waals surface area contributed by atoms with E-state index in [1.165, 1.54) is 18.2 Å². The van der Waals surface area contributed by atoms with Crippen molar-refractivity contribution in [3.05, 3.63) is 29.9 Å². The summed E-state index contributed by atoms with van der Waals surface area (Å²) in [6, 6.07) is 4.00. The summed E-state index contributed by atoms with van der Waals surface area (Å²) >= 11 is 1.14. The van der Waals surface area contributed by atoms with Crippen molar-refractivity contribution < 1.29 is 13.6 Å². The predicted molar refractivity (Wildman–Crippen MR) is 73.8 cm³/mol. The largest absolute Gasteiger partial charge is 0.416 e. The molecule has 0 saturated heterocycles. The fraction of sp³-hybridized carbons (Fsp3) is 0.250. The third-order valence-electron chi connectivity index (χ3n) is 2.42. The van der Waals surface area contributed by atoms with Crippen molar-refractivity contribution in [3.63, 3.8) is 0 Å². The molecular formula is C12H13FN4O2S. The number of carbonyl (C=O) groups is 1. The Balaban J connectivity index is 1.98. The van der Waals surface area contributed by atoms with Crippen molar-refractivity contribution in [3.8, 4) is 0 Å². The average molecular weight is 296 g/mol. The van der Waals surface area contributed by atoms with Crippen molar-refractivity contribution in [2.24, 2.45) is 0 Å². The predicted octanol–water partition coefficient (Wildman–Crippen LogP) is 2.22. The lowest BCUT2D eigenvalue weighted by atomic mass is 10.2. The van der Waals surface area contributed by atoms with Crippen LogP contribution < -0.4 is 11.1 Å². The van der Waals surface area contributed by atoms with Crippen LogP contribution in [-0.2, 0) is 4.79 Å². The molecule has 2 rings (SSSR count). The highest BCUT2D eigenvalue weighted by Crippen LogP contribution is 2.23. The van der Waals surface area contributed by atoms with Gasteiger partial charge >= 0.3 is 0 Å². The van der Waals surface area contributed by atoms with Crippen LogP contribution in [0.4, 0.5) is 15.8 Å². The van der Waals surface area contributed by atoms with Gasteiger partial charge in [-0.2, -0.15) is 0 Å². The Bertz CT molecular complexity index is 632. The number of carbonyl (C=O) groups excluding carboxylic acids is 1. The number of hydrogen-bond donors (Lipinski definition) is 2. The third-order valence-corrected chi connectivity index (χ3v) is 3.35. The maximum atomic E-state index is 13.0. The molecule has 0 aliphatic rings. The molecule has 1 heterocycles. The van der Waals surface area contributed by atoms with Gasteiger partial charge < -0.3 is 15.5 Å². The quantitative estimate of drug-likeness (QED) is 0.663. The highest BCUT2D eigenvalue weighted by molar-refractivity contribution is 8.00. The minimum atomic E-state index is -0.522. The van der Waals surface area contributed by atoms with Crippen molar-refractivity contribution in [2.45, 2.75) is 24.3 Å². The first-order valence-electron chi connectivity index (χ1n) is 5.78. The van der Waals surface area contributed by atoms with Gasteiger partial charge in [0.05, 0.1) is 10.9 Å². The van der Waals surface area contributed by atoms with Crippen LogP contribution in [0, 0.1) is 12.7 Å². The van der Waals surface area contributed by atoms with E-state index in [1.807, 2.05) is 0 Å². The zero-order chi connectivity index (χ0) is 14.7. The van der Waals surface area contributed by atoms with Crippen LogP contribution in [0.5, 0.6) is 0 Å². The maximum absolute atomic E-state index is 13.0. The Kier molecular flexibility index (Phi) is 4.23. The number of aromatic nitrogens is 2. The summed E-state index contributed by atoms with van der Waals surface area (Å²) in [6.45, 7) is 3.37. The smallest absolute Gasteiger partial charge is 0.277 e. The van der Waals surface area contributed by atoms with Gasteiger partial charge in [0.1, 0.15) is 5.82 Å². The first kappa shape index (κ1) is 14.3. The van der Waals surface area contributed by atoms with Crippen LogP contribution in [0.25, 0.3) is 0 Å². The van der Waals surface area contributed by atoms with E-state index in [-0.39, 0.29) is 11.6 Å². The molecule has 8 heteroatoms. The minimum Gasteiger partial charge on any atom is -0.416 e. The molecule has 0 aliphatic carbocycles. The lowest BCUT2D eigenvalue weighted by Gasteiger charge is -2.10. The molecule has 1 aromatic heterocycles. The second-order valence-corrected chi connectivity index (χ2v) is 5.36. The summed E-state index contributed by atoms with van der Waals surface area (Å²) in [5, 5.41) is 9.99. The van der Waals surface area contributed by atoms with Crippen molar-refractivity contribution in [1.29, 1.82) is 0 Å². The standard InChI is InChI=1S/C12H13FN4O2S/c1-6(20-12-17-16-7(2)19-12)11(18)15-8-3-4-9(13)10(14)5-8/h3-6H,14H2,1-2H3,(H,15,18). The monoisotopic (exact) mass is 296 g/mol. The number of nitrogens with two attached hydrogens (primary N) is 1. The minimum absolute atomic E-state index is 0.0179. The number of aryl methyl sites for hydroxylation is 1. The lowest BCUT2D eigenvalue weighted by molar-refractivity contribution is -0.115. The summed E-state index contributed by atoms with van der Waals surface area (Å²) in [5.41, 5.74) is 5.85. The van der Waals surface area contributed by atoms with Crippen LogP contribution >= 0.6 is 11.8 Å². The van der Waals surface area contributed by atoms with Gasteiger partial charge in [0, 0.05) is 12.6 Å². The first-order valence-corrected chi connectivity index (χ1v) is 6.66. The molecular weight excluding hydrogens is 283 g/mol. The number of amides is 1. The molecule has 0 aliphatic heterocycles. The number of halogens is 1. The molecule has 1 atom stereocenters. The fourth-order valence-corrected chi connectivity index (χ4v) is 2.12. The number of thioether (sulfide) groups is 1. The molecule has 20 heavy (non-hydrogen) atoms. The zero-order valence-corrected chi connectivity index (χ0v) is 11.7. The number of hydrogen-bond acceptors (Lipinski definition) is 6. The Hall–Kier alpha value is -2.09. The van der Waals surface area contributed by atoms with Crippen molar-refractivity contribution in [2.75, 3.05) is 11.1 Å². The van der Waals surface area contributed by atoms with E-state index in [0.717, 1.165) is 11.8 Å². The van der Waals surface area contributed by atoms with E-state index >= 15 is 0 Å². The van der Waals surface area contributed by atoms with Gasteiger partial charge in [-0.25, -0.2) is 4.39 Å². The van der Waals surface area contributed by atoms with Gasteiger partial charge in [-0.1, -0.05) is 11.8 Å². The van der Waals surface area contributed by atoms with Gasteiger partial charge in [-0.15, -0.1) is 10.2 Å². The van der Waals surface area contributed by atoms with E-state index in [9.17, 15) is 9.18 Å². The van der Waals surface area contributed by atoms with Crippen molar-refractivity contribution >= 4 is 29.0 Å². The fourth-order valence-electron chi connectivity index (χ4n) is 1.40. The zero-order valence-electron chi connectivity index (χ0n) is 10.9. The third kappa shape index (κ3) is 3.47. The molecule has 0 radical (unpaired) electrons. The summed E-state index contributed by atoms with van der Waals surface area (Å²) in [7, 11) is 0. The number of nitrogens with zero attached hydrogens (tertiary/aromatic N) is 2. The highest BCUT2D eigenvalue weighted by Gasteiger charge is 2.18. The molecule has 0 saturated carbocycles. The van der Waals surface area contributed by atoms with Gasteiger partial charge in [0.25, 0.3) is 5.22 Å². The Morgan fingerprint density at radius 3 is 2.85 bits per heavy atom. The number of anilines is 2. The van der Waals surface area contributed by atoms with Gasteiger partial charge in [0.15, 0.2) is 0 Å². The van der Waals surface area contributed by atoms with Crippen LogP contribution in [0.3, 0.4) is 0 Å². The van der Waals surface area contributed by atoms with E-state index in [4.69, 9.17) is 10.2 Å². The van der Waals surface area contributed by atoms with E-state index in [2.05, 4.69) is 15.5 Å². The second kappa shape index (κ2) is 5.91. The van der Waals surface area contributed by atoms with Crippen LogP contribution in [0.1, 0.15) is 12.8 Å². The first-order chi connectivity index (χ1) is 9.45. The van der Waals surface area contributed by atoms with E-state index in [1.54, 1.807) is 13.8 Å². The molecule has 106 valence electrons. The molecule has 1 unspecified atom stereocenters. The van der Waals surface area contributed by atoms with Gasteiger partial charge in [-0.05, 0) is 25.1 Å². The molecule has 0 fully saturated rings. The molecule has 1 amide bonds. The number of rotatable bonds is 4. The number of benzene rings is 1. The molecule has 3 N–H and O–H groups in total. The van der Waals surface area contributed by atoms with Gasteiger partial charge in [0.2, 0.25) is 11.8 Å². The van der Waals surface area contributed by atoms with Crippen LogP contribution in [0.2, 0.25) is 0 Å². The number of nitrogens with one attached hydrogen (secondary N) is 1. The molecule has 0 bridgehead atoms. The van der Waals surface area contributed by atoms with Crippen LogP contribution in [0.15, 0.2) is 27.8 Å². The molecule has 1 aromatic carbocycles. The molecule has 2 aromatic rings. The topological polar surface area (TPSA) is 94.0 Å². The van der Waals surface area contributed by atoms with Crippen LogP contribution in [-0.4, -0.2) is 21.4 Å². The second-order valence-electron chi connectivity index (χ2n) is 4.07. The summed E-state index contributed by atoms with van der Waals surface area (Å²) in [5.74, 6) is -0.352. The van der Waals surface area contributed by atoms with E-state index < -0.39 is 11.1 Å². The normalized spacial score (nSPS) is 12.2. The Labute approximate surface area is 118 Å². The lowest BCUT2D eigenvalue weighted by Crippen LogP contribution is -2.22. The Morgan fingerprint density at radius 2 is 2.25 bits per heavy atom. The summed E-state index contributed by atoms with van der Waals surface area (Å²) in [6.07, 6.45) is 0. The Morgan fingerprint density at radius 1 is 1.50 bits per heavy atom. The molecule has 0 spiro atoms. The average Bonchev–Trinajstić information content (AvgIpc) is 2.79.